The lowest BCUT2D eigenvalue weighted by Crippen LogP contribution is -2.23. The maximum absolute atomic E-state index is 12.7. The molecule has 0 radical (unpaired) electrons. The number of ether oxygens (including phenoxy) is 1. The van der Waals surface area contributed by atoms with Crippen LogP contribution < -0.4 is 10.1 Å². The summed E-state index contributed by atoms with van der Waals surface area (Å²) in [5, 5.41) is 2.96. The van der Waals surface area contributed by atoms with Crippen LogP contribution in [-0.2, 0) is 6.54 Å². The number of amides is 1. The molecule has 0 aliphatic carbocycles. The van der Waals surface area contributed by atoms with Crippen LogP contribution in [0, 0.1) is 6.92 Å². The largest absolute Gasteiger partial charge is 0.497 e. The Morgan fingerprint density at radius 1 is 1.11 bits per heavy atom. The Morgan fingerprint density at radius 2 is 1.93 bits per heavy atom. The SMILES string of the molecule is COc1ccc(CNC(=O)c2ccc(C)c(-n3cnc4cccnc43)c2)cc1. The molecule has 4 rings (SSSR count). The summed E-state index contributed by atoms with van der Waals surface area (Å²) in [6, 6.07) is 17.0. The van der Waals surface area contributed by atoms with Crippen LogP contribution >= 0.6 is 0 Å². The third-order valence-corrected chi connectivity index (χ3v) is 4.65. The summed E-state index contributed by atoms with van der Waals surface area (Å²) in [7, 11) is 1.63. The first-order chi connectivity index (χ1) is 13.7. The van der Waals surface area contributed by atoms with Gasteiger partial charge in [0.15, 0.2) is 5.65 Å². The van der Waals surface area contributed by atoms with Gasteiger partial charge in [0, 0.05) is 18.3 Å². The van der Waals surface area contributed by atoms with Crippen LogP contribution in [0.3, 0.4) is 0 Å². The maximum Gasteiger partial charge on any atom is 0.251 e. The fourth-order valence-electron chi connectivity index (χ4n) is 3.06. The van der Waals surface area contributed by atoms with Gasteiger partial charge >= 0.3 is 0 Å². The van der Waals surface area contributed by atoms with Gasteiger partial charge in [0.2, 0.25) is 0 Å². The molecular formula is C22H20N4O2. The number of nitrogens with zero attached hydrogens (tertiary/aromatic N) is 3. The summed E-state index contributed by atoms with van der Waals surface area (Å²) < 4.78 is 7.06. The summed E-state index contributed by atoms with van der Waals surface area (Å²) in [6.07, 6.45) is 3.47. The maximum atomic E-state index is 12.7. The van der Waals surface area contributed by atoms with Crippen molar-refractivity contribution in [2.75, 3.05) is 7.11 Å². The number of rotatable bonds is 5. The molecule has 6 heteroatoms. The van der Waals surface area contributed by atoms with E-state index in [0.29, 0.717) is 12.1 Å². The van der Waals surface area contributed by atoms with E-state index in [1.54, 1.807) is 19.6 Å². The molecule has 6 nitrogen and oxygen atoms in total. The van der Waals surface area contributed by atoms with Gasteiger partial charge in [-0.25, -0.2) is 9.97 Å². The monoisotopic (exact) mass is 372 g/mol. The Labute approximate surface area is 162 Å². The molecule has 0 fully saturated rings. The zero-order valence-electron chi connectivity index (χ0n) is 15.7. The first-order valence-corrected chi connectivity index (χ1v) is 8.96. The molecule has 0 spiro atoms. The van der Waals surface area contributed by atoms with Crippen molar-refractivity contribution in [2.24, 2.45) is 0 Å². The highest BCUT2D eigenvalue weighted by Crippen LogP contribution is 2.21. The van der Waals surface area contributed by atoms with E-state index in [1.807, 2.05) is 66.1 Å². The molecule has 0 aliphatic rings. The number of hydrogen-bond donors (Lipinski definition) is 1. The second-order valence-electron chi connectivity index (χ2n) is 6.49. The molecule has 2 aromatic carbocycles. The lowest BCUT2D eigenvalue weighted by Gasteiger charge is -2.11. The van der Waals surface area contributed by atoms with Crippen LogP contribution in [-0.4, -0.2) is 27.6 Å². The topological polar surface area (TPSA) is 69.0 Å². The summed E-state index contributed by atoms with van der Waals surface area (Å²) in [5.74, 6) is 0.661. The molecule has 4 aromatic rings. The number of methoxy groups -OCH3 is 1. The van der Waals surface area contributed by atoms with Crippen molar-refractivity contribution in [2.45, 2.75) is 13.5 Å². The average molecular weight is 372 g/mol. The Kier molecular flexibility index (Phi) is 4.76. The Bertz CT molecular complexity index is 1130. The number of hydrogen-bond acceptors (Lipinski definition) is 4. The van der Waals surface area contributed by atoms with E-state index in [4.69, 9.17) is 4.74 Å². The number of imidazole rings is 1. The molecule has 0 saturated heterocycles. The lowest BCUT2D eigenvalue weighted by molar-refractivity contribution is 0.0951. The van der Waals surface area contributed by atoms with Crippen LogP contribution in [0.4, 0.5) is 0 Å². The van der Waals surface area contributed by atoms with Crippen molar-refractivity contribution >= 4 is 17.1 Å². The van der Waals surface area contributed by atoms with Crippen LogP contribution in [0.2, 0.25) is 0 Å². The van der Waals surface area contributed by atoms with Crippen LogP contribution in [0.1, 0.15) is 21.5 Å². The van der Waals surface area contributed by atoms with Crippen molar-refractivity contribution in [3.05, 3.63) is 83.8 Å². The van der Waals surface area contributed by atoms with Gasteiger partial charge in [0.25, 0.3) is 5.91 Å². The quantitative estimate of drug-likeness (QED) is 0.580. The van der Waals surface area contributed by atoms with Crippen molar-refractivity contribution in [3.63, 3.8) is 0 Å². The van der Waals surface area contributed by atoms with Crippen LogP contribution in [0.15, 0.2) is 67.1 Å². The van der Waals surface area contributed by atoms with Crippen molar-refractivity contribution in [3.8, 4) is 11.4 Å². The zero-order chi connectivity index (χ0) is 19.5. The minimum Gasteiger partial charge on any atom is -0.497 e. The fraction of sp³-hybridized carbons (Fsp3) is 0.136. The van der Waals surface area contributed by atoms with Gasteiger partial charge in [0.05, 0.1) is 12.8 Å². The first-order valence-electron chi connectivity index (χ1n) is 8.96. The van der Waals surface area contributed by atoms with Gasteiger partial charge in [-0.15, -0.1) is 0 Å². The molecule has 2 aromatic heterocycles. The molecule has 0 bridgehead atoms. The smallest absolute Gasteiger partial charge is 0.251 e. The molecule has 1 N–H and O–H groups in total. The molecule has 2 heterocycles. The standard InChI is InChI=1S/C22H20N4O2/c1-15-5-8-17(22(27)24-13-16-6-9-18(28-2)10-7-16)12-20(15)26-14-25-19-4-3-11-23-21(19)26/h3-12,14H,13H2,1-2H3,(H,24,27). The number of pyridine rings is 1. The van der Waals surface area contributed by atoms with Gasteiger partial charge in [-0.05, 0) is 54.4 Å². The van der Waals surface area contributed by atoms with Gasteiger partial charge in [0.1, 0.15) is 17.6 Å². The average Bonchev–Trinajstić information content (AvgIpc) is 3.16. The summed E-state index contributed by atoms with van der Waals surface area (Å²) in [6.45, 7) is 2.45. The highest BCUT2D eigenvalue weighted by molar-refractivity contribution is 5.95. The molecule has 1 amide bonds. The summed E-state index contributed by atoms with van der Waals surface area (Å²) in [5.41, 5.74) is 5.10. The predicted molar refractivity (Wildman–Crippen MR) is 108 cm³/mol. The van der Waals surface area contributed by atoms with E-state index in [9.17, 15) is 4.79 Å². The molecule has 0 unspecified atom stereocenters. The van der Waals surface area contributed by atoms with E-state index >= 15 is 0 Å². The van der Waals surface area contributed by atoms with Crippen molar-refractivity contribution in [1.82, 2.24) is 19.9 Å². The Balaban J connectivity index is 1.56. The van der Waals surface area contributed by atoms with Gasteiger partial charge in [-0.3, -0.25) is 9.36 Å². The third kappa shape index (κ3) is 3.44. The van der Waals surface area contributed by atoms with E-state index < -0.39 is 0 Å². The van der Waals surface area contributed by atoms with E-state index in [-0.39, 0.29) is 5.91 Å². The number of aryl methyl sites for hydroxylation is 1. The fourth-order valence-corrected chi connectivity index (χ4v) is 3.06. The molecule has 0 atom stereocenters. The second-order valence-corrected chi connectivity index (χ2v) is 6.49. The third-order valence-electron chi connectivity index (χ3n) is 4.65. The molecule has 0 saturated carbocycles. The number of nitrogens with one attached hydrogen (secondary N) is 1. The van der Waals surface area contributed by atoms with Crippen LogP contribution in [0.5, 0.6) is 5.75 Å². The first kappa shape index (κ1) is 17.7. The number of fused-ring (bicyclic) bond motifs is 1. The number of benzene rings is 2. The normalized spacial score (nSPS) is 10.8. The second kappa shape index (κ2) is 7.52. The van der Waals surface area contributed by atoms with Gasteiger partial charge in [-0.2, -0.15) is 0 Å². The molecule has 28 heavy (non-hydrogen) atoms. The minimum absolute atomic E-state index is 0.130. The van der Waals surface area contributed by atoms with Crippen molar-refractivity contribution < 1.29 is 9.53 Å². The van der Waals surface area contributed by atoms with Gasteiger partial charge < -0.3 is 10.1 Å². The molecule has 0 aliphatic heterocycles. The molecular weight excluding hydrogens is 352 g/mol. The van der Waals surface area contributed by atoms with E-state index in [2.05, 4.69) is 15.3 Å². The number of carbonyl (C=O) groups excluding carboxylic acids is 1. The van der Waals surface area contributed by atoms with E-state index in [1.165, 1.54) is 0 Å². The Morgan fingerprint density at radius 3 is 2.71 bits per heavy atom. The summed E-state index contributed by atoms with van der Waals surface area (Å²) >= 11 is 0. The van der Waals surface area contributed by atoms with E-state index in [0.717, 1.165) is 33.7 Å². The van der Waals surface area contributed by atoms with Crippen molar-refractivity contribution in [1.29, 1.82) is 0 Å². The number of carbonyl (C=O) groups is 1. The minimum atomic E-state index is -0.130. The Hall–Kier alpha value is -3.67. The molecule has 140 valence electrons. The predicted octanol–water partition coefficient (Wildman–Crippen LogP) is 3.67. The highest BCUT2D eigenvalue weighted by Gasteiger charge is 2.12. The summed E-state index contributed by atoms with van der Waals surface area (Å²) in [4.78, 5) is 21.5. The lowest BCUT2D eigenvalue weighted by atomic mass is 10.1. The van der Waals surface area contributed by atoms with Crippen LogP contribution in [0.25, 0.3) is 16.9 Å². The number of aromatic nitrogens is 3. The van der Waals surface area contributed by atoms with Gasteiger partial charge in [-0.1, -0.05) is 18.2 Å². The zero-order valence-corrected chi connectivity index (χ0v) is 15.7. The highest BCUT2D eigenvalue weighted by atomic mass is 16.5.